The Morgan fingerprint density at radius 2 is 2.11 bits per heavy atom. The third-order valence-electron chi connectivity index (χ3n) is 4.14. The van der Waals surface area contributed by atoms with Crippen molar-refractivity contribution in [3.8, 4) is 11.3 Å². The van der Waals surface area contributed by atoms with E-state index < -0.39 is 17.8 Å². The van der Waals surface area contributed by atoms with Gasteiger partial charge in [0.05, 0.1) is 27.9 Å². The van der Waals surface area contributed by atoms with Crippen LogP contribution >= 0.6 is 27.5 Å². The fourth-order valence-corrected chi connectivity index (χ4v) is 3.75. The molecule has 1 aromatic carbocycles. The topological polar surface area (TPSA) is 71.1 Å². The average Bonchev–Trinajstić information content (AvgIpc) is 3.21. The largest absolute Gasteiger partial charge is 0.447 e. The smallest absolute Gasteiger partial charge is 0.419 e. The van der Waals surface area contributed by atoms with E-state index >= 15 is 0 Å². The zero-order valence-electron chi connectivity index (χ0n) is 13.3. The Kier molecular flexibility index (Phi) is 4.26. The highest BCUT2D eigenvalue weighted by molar-refractivity contribution is 9.10. The van der Waals surface area contributed by atoms with Gasteiger partial charge in [-0.3, -0.25) is 4.90 Å². The Morgan fingerprint density at radius 1 is 1.33 bits per heavy atom. The lowest BCUT2D eigenvalue weighted by Crippen LogP contribution is -2.23. The lowest BCUT2D eigenvalue weighted by atomic mass is 10.1. The predicted molar refractivity (Wildman–Crippen MR) is 95.7 cm³/mol. The van der Waals surface area contributed by atoms with Crippen LogP contribution < -0.4 is 4.90 Å². The van der Waals surface area contributed by atoms with Gasteiger partial charge in [-0.1, -0.05) is 0 Å². The first-order valence-electron chi connectivity index (χ1n) is 7.61. The van der Waals surface area contributed by atoms with Crippen LogP contribution in [0.25, 0.3) is 22.2 Å². The number of fused-ring (bicyclic) bond motifs is 1. The van der Waals surface area contributed by atoms with Gasteiger partial charge in [0, 0.05) is 23.3 Å². The zero-order chi connectivity index (χ0) is 19.3. The van der Waals surface area contributed by atoms with Crippen LogP contribution in [0.1, 0.15) is 5.56 Å². The Morgan fingerprint density at radius 3 is 2.78 bits per heavy atom. The molecule has 0 atom stereocenters. The van der Waals surface area contributed by atoms with Crippen LogP contribution in [-0.4, -0.2) is 34.2 Å². The van der Waals surface area contributed by atoms with Crippen LogP contribution in [0, 0.1) is 0 Å². The monoisotopic (exact) mass is 460 g/mol. The molecule has 27 heavy (non-hydrogen) atoms. The Balaban J connectivity index is 1.90. The van der Waals surface area contributed by atoms with E-state index in [0.29, 0.717) is 33.8 Å². The molecule has 1 amide bonds. The summed E-state index contributed by atoms with van der Waals surface area (Å²) in [5.74, 6) is 0. The Hall–Kier alpha value is -2.33. The molecule has 0 aliphatic carbocycles. The first-order valence-corrected chi connectivity index (χ1v) is 8.78. The lowest BCUT2D eigenvalue weighted by molar-refractivity contribution is -0.137. The van der Waals surface area contributed by atoms with E-state index in [1.165, 1.54) is 11.1 Å². The molecule has 6 nitrogen and oxygen atoms in total. The van der Waals surface area contributed by atoms with Crippen LogP contribution in [0.4, 0.5) is 23.7 Å². The van der Waals surface area contributed by atoms with Crippen molar-refractivity contribution in [3.63, 3.8) is 0 Å². The SMILES string of the molecule is O=C1OCCN1c1ccc2c(-c3nc(Cl)ncc3C(F)(F)F)c[nH]c2c1Br. The van der Waals surface area contributed by atoms with E-state index in [2.05, 4.69) is 30.9 Å². The van der Waals surface area contributed by atoms with Crippen molar-refractivity contribution in [2.24, 2.45) is 0 Å². The van der Waals surface area contributed by atoms with Crippen molar-refractivity contribution >= 4 is 50.2 Å². The summed E-state index contributed by atoms with van der Waals surface area (Å²) in [6.07, 6.45) is -3.05. The lowest BCUT2D eigenvalue weighted by Gasteiger charge is -2.15. The van der Waals surface area contributed by atoms with Gasteiger partial charge >= 0.3 is 12.3 Å². The van der Waals surface area contributed by atoms with Gasteiger partial charge in [0.2, 0.25) is 5.28 Å². The summed E-state index contributed by atoms with van der Waals surface area (Å²) in [5, 5.41) is 0.196. The van der Waals surface area contributed by atoms with Gasteiger partial charge in [-0.25, -0.2) is 14.8 Å². The zero-order valence-corrected chi connectivity index (χ0v) is 15.6. The van der Waals surface area contributed by atoms with Gasteiger partial charge in [0.1, 0.15) is 12.2 Å². The van der Waals surface area contributed by atoms with E-state index in [9.17, 15) is 18.0 Å². The van der Waals surface area contributed by atoms with E-state index in [0.717, 1.165) is 0 Å². The maximum Gasteiger partial charge on any atom is 0.419 e. The fraction of sp³-hybridized carbons (Fsp3) is 0.188. The number of alkyl halides is 3. The number of nitrogens with one attached hydrogen (secondary N) is 1. The van der Waals surface area contributed by atoms with Crippen LogP contribution in [0.2, 0.25) is 5.28 Å². The number of nitrogens with zero attached hydrogens (tertiary/aromatic N) is 3. The molecule has 1 N–H and O–H groups in total. The number of anilines is 1. The number of hydrogen-bond donors (Lipinski definition) is 1. The molecular formula is C16H9BrClF3N4O2. The molecule has 4 rings (SSSR count). The van der Waals surface area contributed by atoms with E-state index in [1.54, 1.807) is 12.1 Å². The number of carbonyl (C=O) groups is 1. The maximum atomic E-state index is 13.4. The highest BCUT2D eigenvalue weighted by atomic mass is 79.9. The van der Waals surface area contributed by atoms with Crippen molar-refractivity contribution < 1.29 is 22.7 Å². The number of cyclic esters (lactones) is 1. The Labute approximate surface area is 163 Å². The summed E-state index contributed by atoms with van der Waals surface area (Å²) in [5.41, 5.74) is -0.0248. The first kappa shape index (κ1) is 18.1. The van der Waals surface area contributed by atoms with Gasteiger partial charge in [-0.2, -0.15) is 13.2 Å². The minimum Gasteiger partial charge on any atom is -0.447 e. The number of carbonyl (C=O) groups excluding carboxylic acids is 1. The van der Waals surface area contributed by atoms with E-state index in [1.807, 2.05) is 0 Å². The molecule has 1 saturated heterocycles. The number of aromatic nitrogens is 3. The number of benzene rings is 1. The summed E-state index contributed by atoms with van der Waals surface area (Å²) >= 11 is 9.14. The molecule has 1 fully saturated rings. The summed E-state index contributed by atoms with van der Waals surface area (Å²) < 4.78 is 45.5. The third-order valence-corrected chi connectivity index (χ3v) is 5.13. The number of H-pyrrole nitrogens is 1. The van der Waals surface area contributed by atoms with Crippen LogP contribution in [0.3, 0.4) is 0 Å². The van der Waals surface area contributed by atoms with Crippen LogP contribution in [0.15, 0.2) is 29.0 Å². The van der Waals surface area contributed by atoms with Gasteiger partial charge in [0.25, 0.3) is 0 Å². The van der Waals surface area contributed by atoms with Gasteiger partial charge in [-0.05, 0) is 39.7 Å². The molecule has 0 unspecified atom stereocenters. The number of ether oxygens (including phenoxy) is 1. The van der Waals surface area contributed by atoms with Gasteiger partial charge in [-0.15, -0.1) is 0 Å². The number of hydrogen-bond acceptors (Lipinski definition) is 4. The second kappa shape index (κ2) is 6.38. The molecule has 2 aromatic heterocycles. The Bertz CT molecular complexity index is 1070. The number of aromatic amines is 1. The number of amides is 1. The summed E-state index contributed by atoms with van der Waals surface area (Å²) in [6.45, 7) is 0.657. The van der Waals surface area contributed by atoms with Crippen LogP contribution in [0.5, 0.6) is 0 Å². The molecule has 0 spiro atoms. The fourth-order valence-electron chi connectivity index (χ4n) is 2.94. The van der Waals surface area contributed by atoms with Crippen LogP contribution in [-0.2, 0) is 10.9 Å². The highest BCUT2D eigenvalue weighted by Gasteiger charge is 2.36. The molecule has 1 aliphatic heterocycles. The quantitative estimate of drug-likeness (QED) is 0.544. The molecule has 0 radical (unpaired) electrons. The summed E-state index contributed by atoms with van der Waals surface area (Å²) in [6, 6.07) is 3.25. The van der Waals surface area contributed by atoms with Crippen molar-refractivity contribution in [2.75, 3.05) is 18.1 Å². The van der Waals surface area contributed by atoms with Crippen molar-refractivity contribution in [3.05, 3.63) is 39.8 Å². The molecule has 0 bridgehead atoms. The van der Waals surface area contributed by atoms with Gasteiger partial charge in [0.15, 0.2) is 0 Å². The predicted octanol–water partition coefficient (Wildman–Crippen LogP) is 5.02. The minimum absolute atomic E-state index is 0.220. The number of halogens is 5. The van der Waals surface area contributed by atoms with Crippen molar-refractivity contribution in [2.45, 2.75) is 6.18 Å². The second-order valence-electron chi connectivity index (χ2n) is 5.69. The van der Waals surface area contributed by atoms with E-state index in [-0.39, 0.29) is 23.1 Å². The standard InChI is InChI=1S/C16H9BrClF3N4O2/c17-11-10(25-3-4-27-15(25)26)2-1-7-8(5-22-13(7)11)12-9(16(19,20)21)6-23-14(18)24-12/h1-2,5-6,22H,3-4H2. The third kappa shape index (κ3) is 3.02. The average molecular weight is 462 g/mol. The number of rotatable bonds is 2. The second-order valence-corrected chi connectivity index (χ2v) is 6.82. The molecular weight excluding hydrogens is 453 g/mol. The van der Waals surface area contributed by atoms with Gasteiger partial charge < -0.3 is 9.72 Å². The summed E-state index contributed by atoms with van der Waals surface area (Å²) in [7, 11) is 0. The molecule has 11 heteroatoms. The normalized spacial score (nSPS) is 14.9. The van der Waals surface area contributed by atoms with Crippen molar-refractivity contribution in [1.82, 2.24) is 15.0 Å². The molecule has 0 saturated carbocycles. The molecule has 1 aliphatic rings. The van der Waals surface area contributed by atoms with Crippen molar-refractivity contribution in [1.29, 1.82) is 0 Å². The minimum atomic E-state index is -4.64. The summed E-state index contributed by atoms with van der Waals surface area (Å²) in [4.78, 5) is 23.4. The molecule has 3 aromatic rings. The molecule has 140 valence electrons. The first-order chi connectivity index (χ1) is 12.8. The highest BCUT2D eigenvalue weighted by Crippen LogP contribution is 2.42. The maximum absolute atomic E-state index is 13.4. The molecule has 3 heterocycles. The van der Waals surface area contributed by atoms with E-state index in [4.69, 9.17) is 16.3 Å².